The Hall–Kier alpha value is -7.51. The summed E-state index contributed by atoms with van der Waals surface area (Å²) in [5.41, 5.74) is 14.9. The van der Waals surface area contributed by atoms with E-state index < -0.39 is 23.9 Å². The van der Waals surface area contributed by atoms with E-state index in [2.05, 4.69) is 46.1 Å². The van der Waals surface area contributed by atoms with Crippen LogP contribution >= 0.6 is 23.2 Å². The molecule has 380 valence electrons. The second kappa shape index (κ2) is 22.5. The van der Waals surface area contributed by atoms with Crippen molar-refractivity contribution in [1.29, 1.82) is 0 Å². The van der Waals surface area contributed by atoms with Crippen LogP contribution in [0.15, 0.2) is 85.5 Å². The van der Waals surface area contributed by atoms with Crippen LogP contribution in [0.4, 0.5) is 16.4 Å². The number of nitrogen functional groups attached to an aromatic ring is 1. The molecular formula is C53H58Cl2N12O6. The molecule has 0 aliphatic rings. The summed E-state index contributed by atoms with van der Waals surface area (Å²) in [6.07, 6.45) is 4.07. The predicted octanol–water partition coefficient (Wildman–Crippen LogP) is 9.19. The monoisotopic (exact) mass is 1030 g/mol. The normalized spacial score (nSPS) is 12.2. The smallest absolute Gasteiger partial charge is 0.413 e. The van der Waals surface area contributed by atoms with Crippen LogP contribution in [0, 0.1) is 27.7 Å². The van der Waals surface area contributed by atoms with Crippen molar-refractivity contribution in [2.24, 2.45) is 0 Å². The number of anilines is 2. The third-order valence-electron chi connectivity index (χ3n) is 11.6. The molecule has 2 unspecified atom stereocenters. The van der Waals surface area contributed by atoms with E-state index in [1.54, 1.807) is 87.8 Å². The number of carbonyl (C=O) groups is 3. The van der Waals surface area contributed by atoms with E-state index in [1.807, 2.05) is 69.3 Å². The van der Waals surface area contributed by atoms with E-state index in [9.17, 15) is 24.6 Å². The Morgan fingerprint density at radius 1 is 0.685 bits per heavy atom. The number of aromatic nitrogens is 8. The molecule has 6 heterocycles. The number of ether oxygens (including phenoxy) is 1. The van der Waals surface area contributed by atoms with Gasteiger partial charge in [-0.2, -0.15) is 10.2 Å². The summed E-state index contributed by atoms with van der Waals surface area (Å²) < 4.78 is 8.57. The molecule has 3 amide bonds. The average molecular weight is 1030 g/mol. The zero-order chi connectivity index (χ0) is 52.9. The van der Waals surface area contributed by atoms with Gasteiger partial charge in [-0.3, -0.25) is 34.2 Å². The standard InChI is InChI=1S/C29H33ClN6O4.C24H25ClN6O2/c1-16-9-25(34-28(39)40-29(4,5)6)33-17(2)22(16)13-32-27(38)23-15-36(35-26(23)18(3)37)14-19-7-8-24-20(10-19)11-21(30)12-31-24;1-13-6-22(26)29-14(2)19(13)10-28-24(33)20-12-31(30-23(20)15(3)32)11-16-4-5-21-17(7-16)8-18(25)9-27-21/h7-12,15,18,37H,13-14H2,1-6H3,(H,32,38)(H,33,34,39);4-9,12,15,32H,10-11H2,1-3H3,(H2,26,29)(H,28,33). The van der Waals surface area contributed by atoms with Crippen molar-refractivity contribution in [3.05, 3.63) is 163 Å². The van der Waals surface area contributed by atoms with Crippen LogP contribution < -0.4 is 21.7 Å². The van der Waals surface area contributed by atoms with Crippen LogP contribution in [0.5, 0.6) is 0 Å². The molecule has 8 aromatic rings. The van der Waals surface area contributed by atoms with Crippen LogP contribution in [0.3, 0.4) is 0 Å². The molecule has 0 aliphatic heterocycles. The second-order valence-corrected chi connectivity index (χ2v) is 19.6. The fourth-order valence-electron chi connectivity index (χ4n) is 8.16. The molecule has 0 fully saturated rings. The van der Waals surface area contributed by atoms with E-state index in [1.165, 1.54) is 0 Å². The molecule has 18 nitrogen and oxygen atoms in total. The molecule has 73 heavy (non-hydrogen) atoms. The number of rotatable bonds is 13. The van der Waals surface area contributed by atoms with Gasteiger partial charge in [0, 0.05) is 60.0 Å². The number of nitrogens with two attached hydrogens (primary N) is 1. The minimum atomic E-state index is -0.940. The number of amides is 3. The Kier molecular flexibility index (Phi) is 16.4. The van der Waals surface area contributed by atoms with Crippen molar-refractivity contribution >= 4 is 74.6 Å². The van der Waals surface area contributed by atoms with Crippen LogP contribution in [0.25, 0.3) is 21.8 Å². The topological polar surface area (TPSA) is 250 Å². The van der Waals surface area contributed by atoms with E-state index >= 15 is 0 Å². The van der Waals surface area contributed by atoms with Gasteiger partial charge in [0.25, 0.3) is 11.8 Å². The van der Waals surface area contributed by atoms with Crippen molar-refractivity contribution in [3.8, 4) is 0 Å². The highest BCUT2D eigenvalue weighted by Gasteiger charge is 2.23. The Bertz CT molecular complexity index is 3320. The molecule has 8 rings (SSSR count). The van der Waals surface area contributed by atoms with Crippen LogP contribution in [-0.2, 0) is 30.9 Å². The van der Waals surface area contributed by atoms with Crippen molar-refractivity contribution in [1.82, 2.24) is 50.1 Å². The SMILES string of the molecule is Cc1cc(N)nc(C)c1CNC(=O)c1cn(Cc2ccc3ncc(Cl)cc3c2)nc1C(C)O.Cc1cc(NC(=O)OC(C)(C)C)nc(C)c1CNC(=O)c1cn(Cc2ccc3ncc(Cl)cc3c2)nc1C(C)O. The number of fused-ring (bicyclic) bond motifs is 2. The highest BCUT2D eigenvalue weighted by molar-refractivity contribution is 6.31. The van der Waals surface area contributed by atoms with Crippen molar-refractivity contribution in [2.75, 3.05) is 11.1 Å². The van der Waals surface area contributed by atoms with Crippen LogP contribution in [0.1, 0.15) is 124 Å². The van der Waals surface area contributed by atoms with Gasteiger partial charge in [-0.15, -0.1) is 0 Å². The van der Waals surface area contributed by atoms with Gasteiger partial charge in [0.05, 0.1) is 57.5 Å². The molecule has 2 aromatic carbocycles. The highest BCUT2D eigenvalue weighted by atomic mass is 35.5. The third-order valence-corrected chi connectivity index (χ3v) is 12.0. The predicted molar refractivity (Wildman–Crippen MR) is 281 cm³/mol. The van der Waals surface area contributed by atoms with E-state index in [-0.39, 0.29) is 29.6 Å². The lowest BCUT2D eigenvalue weighted by Gasteiger charge is -2.20. The Morgan fingerprint density at radius 2 is 1.14 bits per heavy atom. The van der Waals surface area contributed by atoms with Crippen molar-refractivity contribution < 1.29 is 29.3 Å². The summed E-state index contributed by atoms with van der Waals surface area (Å²) in [6.45, 7) is 17.3. The summed E-state index contributed by atoms with van der Waals surface area (Å²) in [5, 5.41) is 40.9. The molecule has 2 atom stereocenters. The summed E-state index contributed by atoms with van der Waals surface area (Å²) in [4.78, 5) is 55.6. The van der Waals surface area contributed by atoms with Crippen molar-refractivity contribution in [3.63, 3.8) is 0 Å². The summed E-state index contributed by atoms with van der Waals surface area (Å²) in [6, 6.07) is 18.9. The first-order valence-electron chi connectivity index (χ1n) is 23.4. The zero-order valence-electron chi connectivity index (χ0n) is 42.0. The third kappa shape index (κ3) is 13.7. The molecular weight excluding hydrogens is 972 g/mol. The van der Waals surface area contributed by atoms with E-state index in [0.29, 0.717) is 58.3 Å². The molecule has 6 aromatic heterocycles. The molecule has 0 aliphatic carbocycles. The van der Waals surface area contributed by atoms with Gasteiger partial charge in [0.15, 0.2) is 0 Å². The fourth-order valence-corrected chi connectivity index (χ4v) is 8.49. The average Bonchev–Trinajstić information content (AvgIpc) is 3.93. The zero-order valence-corrected chi connectivity index (χ0v) is 43.5. The number of pyridine rings is 4. The number of halogens is 2. The maximum Gasteiger partial charge on any atom is 0.413 e. The largest absolute Gasteiger partial charge is 0.444 e. The van der Waals surface area contributed by atoms with Crippen molar-refractivity contribution in [2.45, 2.75) is 106 Å². The maximum atomic E-state index is 13.2. The van der Waals surface area contributed by atoms with Gasteiger partial charge in [0.1, 0.15) is 28.6 Å². The Labute approximate surface area is 432 Å². The van der Waals surface area contributed by atoms with Crippen LogP contribution in [0.2, 0.25) is 10.0 Å². The summed E-state index contributed by atoms with van der Waals surface area (Å²) >= 11 is 12.2. The van der Waals surface area contributed by atoms with Gasteiger partial charge < -0.3 is 31.3 Å². The van der Waals surface area contributed by atoms with Gasteiger partial charge in [-0.25, -0.2) is 14.8 Å². The number of carbonyl (C=O) groups excluding carboxylic acids is 3. The lowest BCUT2D eigenvalue weighted by atomic mass is 10.1. The number of benzene rings is 2. The fraction of sp³-hybridized carbons (Fsp3) is 0.302. The number of hydrogen-bond acceptors (Lipinski definition) is 13. The number of hydrogen-bond donors (Lipinski definition) is 6. The molecule has 0 bridgehead atoms. The molecule has 0 saturated heterocycles. The van der Waals surface area contributed by atoms with Gasteiger partial charge >= 0.3 is 6.09 Å². The highest BCUT2D eigenvalue weighted by Crippen LogP contribution is 2.25. The maximum absolute atomic E-state index is 13.2. The Morgan fingerprint density at radius 3 is 1.56 bits per heavy atom. The molecule has 20 heteroatoms. The van der Waals surface area contributed by atoms with Crippen LogP contribution in [-0.4, -0.2) is 73.2 Å². The lowest BCUT2D eigenvalue weighted by molar-refractivity contribution is 0.0634. The first-order valence-corrected chi connectivity index (χ1v) is 24.1. The number of aryl methyl sites for hydroxylation is 4. The summed E-state index contributed by atoms with van der Waals surface area (Å²) in [7, 11) is 0. The van der Waals surface area contributed by atoms with Gasteiger partial charge in [0.2, 0.25) is 0 Å². The van der Waals surface area contributed by atoms with Gasteiger partial charge in [-0.05, 0) is 144 Å². The second-order valence-electron chi connectivity index (χ2n) is 18.8. The first kappa shape index (κ1) is 53.3. The quantitative estimate of drug-likeness (QED) is 0.0631. The molecule has 0 radical (unpaired) electrons. The van der Waals surface area contributed by atoms with E-state index in [4.69, 9.17) is 33.7 Å². The first-order chi connectivity index (χ1) is 34.5. The van der Waals surface area contributed by atoms with Gasteiger partial charge in [-0.1, -0.05) is 35.3 Å². The molecule has 0 saturated carbocycles. The lowest BCUT2D eigenvalue weighted by Crippen LogP contribution is -2.28. The summed E-state index contributed by atoms with van der Waals surface area (Å²) in [5.74, 6) is 0.127. The van der Waals surface area contributed by atoms with E-state index in [0.717, 1.165) is 60.9 Å². The number of aliphatic hydroxyl groups is 2. The number of nitrogens with zero attached hydrogens (tertiary/aromatic N) is 8. The minimum absolute atomic E-state index is 0.207. The number of nitrogens with one attached hydrogen (secondary N) is 3. The minimum Gasteiger partial charge on any atom is -0.444 e. The number of aliphatic hydroxyl groups excluding tert-OH is 2. The molecule has 7 N–H and O–H groups in total. The Balaban J connectivity index is 0.000000218. The molecule has 0 spiro atoms.